The van der Waals surface area contributed by atoms with Crippen molar-refractivity contribution in [2.24, 2.45) is 33.6 Å². The maximum Gasteiger partial charge on any atom is 0.191 e. The van der Waals surface area contributed by atoms with E-state index in [1.54, 1.807) is 0 Å². The quantitative estimate of drug-likeness (QED) is 0.291. The predicted molar refractivity (Wildman–Crippen MR) is 120 cm³/mol. The van der Waals surface area contributed by atoms with Crippen molar-refractivity contribution < 1.29 is 9.84 Å². The van der Waals surface area contributed by atoms with Crippen LogP contribution in [0.25, 0.3) is 0 Å². The lowest BCUT2D eigenvalue weighted by molar-refractivity contribution is -0.0465. The third-order valence-electron chi connectivity index (χ3n) is 7.54. The average molecular weight is 491 g/mol. The van der Waals surface area contributed by atoms with Crippen molar-refractivity contribution >= 4 is 29.9 Å². The zero-order valence-corrected chi connectivity index (χ0v) is 19.2. The molecule has 0 aromatic heterocycles. The first-order valence-corrected chi connectivity index (χ1v) is 10.9. The Hall–Kier alpha value is -0.0800. The summed E-state index contributed by atoms with van der Waals surface area (Å²) < 4.78 is 5.62. The van der Waals surface area contributed by atoms with Crippen LogP contribution >= 0.6 is 24.0 Å². The second-order valence-electron chi connectivity index (χ2n) is 9.74. The van der Waals surface area contributed by atoms with E-state index >= 15 is 0 Å². The number of aliphatic imine (C=N–C) groups is 1. The number of nitrogens with one attached hydrogen (secondary N) is 2. The minimum absolute atomic E-state index is 0. The Morgan fingerprint density at radius 1 is 1.11 bits per heavy atom. The largest absolute Gasteiger partial charge is 0.396 e. The second kappa shape index (κ2) is 9.16. The first kappa shape index (κ1) is 21.6. The zero-order valence-electron chi connectivity index (χ0n) is 16.8. The Morgan fingerprint density at radius 2 is 1.78 bits per heavy atom. The summed E-state index contributed by atoms with van der Waals surface area (Å²) in [6, 6.07) is 0. The van der Waals surface area contributed by atoms with Crippen molar-refractivity contribution in [2.45, 2.75) is 58.3 Å². The van der Waals surface area contributed by atoms with Crippen LogP contribution in [0.1, 0.15) is 58.3 Å². The zero-order chi connectivity index (χ0) is 18.0. The van der Waals surface area contributed by atoms with Crippen molar-refractivity contribution in [1.82, 2.24) is 10.6 Å². The maximum absolute atomic E-state index is 9.43. The summed E-state index contributed by atoms with van der Waals surface area (Å²) in [4.78, 5) is 5.05. The van der Waals surface area contributed by atoms with E-state index in [-0.39, 0.29) is 36.0 Å². The van der Waals surface area contributed by atoms with E-state index in [9.17, 15) is 5.11 Å². The molecule has 1 aliphatic heterocycles. The molecule has 5 fully saturated rings. The molecule has 5 rings (SSSR count). The van der Waals surface area contributed by atoms with Crippen LogP contribution in [0.3, 0.4) is 0 Å². The fourth-order valence-electron chi connectivity index (χ4n) is 6.66. The molecule has 156 valence electrons. The van der Waals surface area contributed by atoms with Gasteiger partial charge in [-0.05, 0) is 81.5 Å². The minimum Gasteiger partial charge on any atom is -0.396 e. The van der Waals surface area contributed by atoms with Crippen LogP contribution in [-0.2, 0) is 4.74 Å². The first-order chi connectivity index (χ1) is 12.6. The topological polar surface area (TPSA) is 65.9 Å². The number of halogens is 1. The van der Waals surface area contributed by atoms with Gasteiger partial charge in [0, 0.05) is 38.3 Å². The van der Waals surface area contributed by atoms with Gasteiger partial charge >= 0.3 is 0 Å². The Kier molecular flexibility index (Phi) is 7.34. The van der Waals surface area contributed by atoms with E-state index < -0.39 is 0 Å². The molecule has 27 heavy (non-hydrogen) atoms. The van der Waals surface area contributed by atoms with Gasteiger partial charge in [0.2, 0.25) is 0 Å². The third-order valence-corrected chi connectivity index (χ3v) is 7.54. The first-order valence-electron chi connectivity index (χ1n) is 10.9. The van der Waals surface area contributed by atoms with Gasteiger partial charge < -0.3 is 20.5 Å². The van der Waals surface area contributed by atoms with Gasteiger partial charge in [-0.25, -0.2) is 0 Å². The molecule has 4 saturated carbocycles. The molecule has 0 aromatic carbocycles. The summed E-state index contributed by atoms with van der Waals surface area (Å²) >= 11 is 0. The Morgan fingerprint density at radius 3 is 2.30 bits per heavy atom. The number of aliphatic hydroxyl groups excluding tert-OH is 1. The van der Waals surface area contributed by atoms with Crippen molar-refractivity contribution in [2.75, 3.05) is 39.5 Å². The summed E-state index contributed by atoms with van der Waals surface area (Å²) in [6.45, 7) is 6.61. The molecule has 1 heterocycles. The van der Waals surface area contributed by atoms with Crippen molar-refractivity contribution in [3.8, 4) is 0 Å². The van der Waals surface area contributed by atoms with Crippen molar-refractivity contribution in [3.05, 3.63) is 0 Å². The molecule has 0 aromatic rings. The molecule has 4 aliphatic carbocycles. The number of nitrogens with zero attached hydrogens (tertiary/aromatic N) is 1. The molecule has 4 bridgehead atoms. The van der Waals surface area contributed by atoms with Gasteiger partial charge in [0.05, 0.1) is 6.61 Å². The molecule has 0 amide bonds. The lowest BCUT2D eigenvalue weighted by atomic mass is 9.49. The molecule has 0 spiro atoms. The molecule has 5 nitrogen and oxygen atoms in total. The standard InChI is InChI=1S/C21H37N3O2.HI/c1-2-22-19(23-13-20(3-5-25)4-6-26-15-20)24-14-21-10-16-7-17(11-21)9-18(8-16)12-21;/h16-18,25H,2-15H2,1H3,(H2,22,23,24);1H. The van der Waals surface area contributed by atoms with Gasteiger partial charge in [-0.15, -0.1) is 24.0 Å². The van der Waals surface area contributed by atoms with Gasteiger partial charge in [0.25, 0.3) is 0 Å². The highest BCUT2D eigenvalue weighted by atomic mass is 127. The van der Waals surface area contributed by atoms with E-state index in [0.717, 1.165) is 69.4 Å². The molecule has 0 radical (unpaired) electrons. The summed E-state index contributed by atoms with van der Waals surface area (Å²) in [5.41, 5.74) is 0.544. The summed E-state index contributed by atoms with van der Waals surface area (Å²) in [5, 5.41) is 16.4. The molecular weight excluding hydrogens is 453 g/mol. The van der Waals surface area contributed by atoms with Crippen LogP contribution in [0.2, 0.25) is 0 Å². The molecular formula is C21H38IN3O2. The predicted octanol–water partition coefficient (Wildman–Crippen LogP) is 3.17. The third kappa shape index (κ3) is 4.92. The fourth-order valence-corrected chi connectivity index (χ4v) is 6.66. The normalized spacial score (nSPS) is 40.1. The lowest BCUT2D eigenvalue weighted by Crippen LogP contribution is -2.49. The van der Waals surface area contributed by atoms with Gasteiger partial charge in [0.15, 0.2) is 5.96 Å². The second-order valence-corrected chi connectivity index (χ2v) is 9.74. The van der Waals surface area contributed by atoms with E-state index in [1.807, 2.05) is 0 Å². The van der Waals surface area contributed by atoms with Gasteiger partial charge in [-0.3, -0.25) is 4.99 Å². The number of rotatable bonds is 7. The maximum atomic E-state index is 9.43. The van der Waals surface area contributed by atoms with Gasteiger partial charge in [-0.2, -0.15) is 0 Å². The smallest absolute Gasteiger partial charge is 0.191 e. The number of ether oxygens (including phenoxy) is 1. The van der Waals surface area contributed by atoms with E-state index in [0.29, 0.717) is 5.41 Å². The van der Waals surface area contributed by atoms with Crippen LogP contribution in [-0.4, -0.2) is 50.5 Å². The van der Waals surface area contributed by atoms with E-state index in [4.69, 9.17) is 9.73 Å². The molecule has 1 saturated heterocycles. The monoisotopic (exact) mass is 491 g/mol. The highest BCUT2D eigenvalue weighted by Crippen LogP contribution is 2.60. The van der Waals surface area contributed by atoms with Crippen molar-refractivity contribution in [3.63, 3.8) is 0 Å². The van der Waals surface area contributed by atoms with Crippen LogP contribution in [0.5, 0.6) is 0 Å². The average Bonchev–Trinajstić information content (AvgIpc) is 3.05. The molecule has 1 atom stereocenters. The van der Waals surface area contributed by atoms with Crippen LogP contribution in [0.15, 0.2) is 4.99 Å². The molecule has 6 heteroatoms. The van der Waals surface area contributed by atoms with E-state index in [1.165, 1.54) is 38.5 Å². The summed E-state index contributed by atoms with van der Waals surface area (Å²) in [5.74, 6) is 3.90. The Bertz CT molecular complexity index is 484. The molecule has 3 N–H and O–H groups in total. The molecule has 1 unspecified atom stereocenters. The summed E-state index contributed by atoms with van der Waals surface area (Å²) in [6.07, 6.45) is 10.5. The van der Waals surface area contributed by atoms with Crippen LogP contribution in [0.4, 0.5) is 0 Å². The van der Waals surface area contributed by atoms with Gasteiger partial charge in [0.1, 0.15) is 0 Å². The molecule has 5 aliphatic rings. The van der Waals surface area contributed by atoms with Crippen LogP contribution < -0.4 is 10.6 Å². The Labute approximate surface area is 181 Å². The fraction of sp³-hybridized carbons (Fsp3) is 0.952. The minimum atomic E-state index is 0. The van der Waals surface area contributed by atoms with E-state index in [2.05, 4.69) is 17.6 Å². The highest BCUT2D eigenvalue weighted by Gasteiger charge is 2.50. The summed E-state index contributed by atoms with van der Waals surface area (Å²) in [7, 11) is 0. The SMILES string of the molecule is CCNC(=NCC12CC3CC(CC(C3)C1)C2)NCC1(CCO)CCOC1.I. The number of guanidine groups is 1. The number of hydrogen-bond acceptors (Lipinski definition) is 3. The number of hydrogen-bond donors (Lipinski definition) is 3. The Balaban J connectivity index is 0.00000210. The van der Waals surface area contributed by atoms with Crippen molar-refractivity contribution in [1.29, 1.82) is 0 Å². The highest BCUT2D eigenvalue weighted by molar-refractivity contribution is 14.0. The van der Waals surface area contributed by atoms with Gasteiger partial charge in [-0.1, -0.05) is 0 Å². The number of aliphatic hydroxyl groups is 1. The lowest BCUT2D eigenvalue weighted by Gasteiger charge is -2.56. The van der Waals surface area contributed by atoms with Crippen LogP contribution in [0, 0.1) is 28.6 Å².